The average molecular weight is 229 g/mol. The third kappa shape index (κ3) is 7.36. The molecule has 0 spiro atoms. The van der Waals surface area contributed by atoms with E-state index in [0.717, 1.165) is 13.1 Å². The van der Waals surface area contributed by atoms with Crippen LogP contribution in [0.25, 0.3) is 0 Å². The molecule has 0 unspecified atom stereocenters. The molecule has 5 nitrogen and oxygen atoms in total. The molecule has 0 radical (unpaired) electrons. The van der Waals surface area contributed by atoms with Crippen molar-refractivity contribution < 1.29 is 9.59 Å². The second-order valence-electron chi connectivity index (χ2n) is 3.79. The molecule has 5 heteroatoms. The number of hydrogen-bond acceptors (Lipinski definition) is 4. The number of carbonyl (C=O) groups is 2. The Hall–Kier alpha value is -0.940. The highest BCUT2D eigenvalue weighted by Gasteiger charge is 2.12. The molecule has 0 saturated carbocycles. The number of likely N-dealkylation sites (N-methyl/N-ethyl adjacent to an activating group) is 2. The standard InChI is InChI=1S/C11H23N3O2/c1-10(15)4-5-11(16)14(8-6-12-2)9-7-13-3/h12-13H,4-9H2,1-3H3. The lowest BCUT2D eigenvalue weighted by atomic mass is 10.2. The quantitative estimate of drug-likeness (QED) is 0.566. The van der Waals surface area contributed by atoms with E-state index in [1.165, 1.54) is 6.92 Å². The molecule has 1 amide bonds. The molecule has 0 heterocycles. The van der Waals surface area contributed by atoms with Crippen LogP contribution in [0.3, 0.4) is 0 Å². The van der Waals surface area contributed by atoms with Crippen LogP contribution in [0.5, 0.6) is 0 Å². The number of rotatable bonds is 9. The second-order valence-corrected chi connectivity index (χ2v) is 3.79. The zero-order valence-electron chi connectivity index (χ0n) is 10.5. The Balaban J connectivity index is 4.03. The number of ketones is 1. The van der Waals surface area contributed by atoms with E-state index in [2.05, 4.69) is 10.6 Å². The predicted molar refractivity (Wildman–Crippen MR) is 64.3 cm³/mol. The van der Waals surface area contributed by atoms with Crippen LogP contribution in [0.4, 0.5) is 0 Å². The normalized spacial score (nSPS) is 10.2. The molecule has 2 N–H and O–H groups in total. The summed E-state index contributed by atoms with van der Waals surface area (Å²) < 4.78 is 0. The third-order valence-corrected chi connectivity index (χ3v) is 2.31. The van der Waals surface area contributed by atoms with Crippen molar-refractivity contribution in [3.63, 3.8) is 0 Å². The first-order valence-corrected chi connectivity index (χ1v) is 5.68. The minimum Gasteiger partial charge on any atom is -0.340 e. The first-order valence-electron chi connectivity index (χ1n) is 5.68. The lowest BCUT2D eigenvalue weighted by Crippen LogP contribution is -2.40. The maximum Gasteiger partial charge on any atom is 0.223 e. The van der Waals surface area contributed by atoms with Crippen molar-refractivity contribution in [3.05, 3.63) is 0 Å². The lowest BCUT2D eigenvalue weighted by molar-refractivity contribution is -0.132. The highest BCUT2D eigenvalue weighted by molar-refractivity contribution is 5.83. The molecule has 0 aromatic heterocycles. The highest BCUT2D eigenvalue weighted by Crippen LogP contribution is 1.98. The number of amides is 1. The van der Waals surface area contributed by atoms with Crippen molar-refractivity contribution in [2.24, 2.45) is 0 Å². The van der Waals surface area contributed by atoms with Gasteiger partial charge in [-0.15, -0.1) is 0 Å². The van der Waals surface area contributed by atoms with Crippen molar-refractivity contribution in [1.29, 1.82) is 0 Å². The number of hydrogen-bond donors (Lipinski definition) is 2. The van der Waals surface area contributed by atoms with Crippen molar-refractivity contribution in [2.75, 3.05) is 40.3 Å². The summed E-state index contributed by atoms with van der Waals surface area (Å²) in [4.78, 5) is 24.4. The Bertz CT molecular complexity index is 211. The Morgan fingerprint density at radius 1 is 1.00 bits per heavy atom. The molecular formula is C11H23N3O2. The maximum absolute atomic E-state index is 11.8. The number of nitrogens with one attached hydrogen (secondary N) is 2. The first kappa shape index (κ1) is 15.1. The summed E-state index contributed by atoms with van der Waals surface area (Å²) in [6, 6.07) is 0. The monoisotopic (exact) mass is 229 g/mol. The summed E-state index contributed by atoms with van der Waals surface area (Å²) in [6.45, 7) is 4.44. The molecule has 16 heavy (non-hydrogen) atoms. The minimum atomic E-state index is 0.0562. The molecule has 0 fully saturated rings. The second kappa shape index (κ2) is 9.30. The first-order chi connectivity index (χ1) is 7.61. The van der Waals surface area contributed by atoms with Crippen LogP contribution in [0, 0.1) is 0 Å². The zero-order chi connectivity index (χ0) is 12.4. The minimum absolute atomic E-state index is 0.0562. The van der Waals surface area contributed by atoms with Crippen LogP contribution in [-0.2, 0) is 9.59 Å². The van der Waals surface area contributed by atoms with Gasteiger partial charge >= 0.3 is 0 Å². The van der Waals surface area contributed by atoms with Gasteiger partial charge in [0, 0.05) is 39.0 Å². The Kier molecular flexibility index (Phi) is 8.75. The average Bonchev–Trinajstić information content (AvgIpc) is 2.26. The van der Waals surface area contributed by atoms with Gasteiger partial charge in [0.2, 0.25) is 5.91 Å². The van der Waals surface area contributed by atoms with Gasteiger partial charge in [-0.05, 0) is 21.0 Å². The summed E-state index contributed by atoms with van der Waals surface area (Å²) in [5, 5.41) is 6.03. The molecule has 0 saturated heterocycles. The summed E-state index contributed by atoms with van der Waals surface area (Å²) >= 11 is 0. The smallest absolute Gasteiger partial charge is 0.223 e. The van der Waals surface area contributed by atoms with Gasteiger partial charge in [0.1, 0.15) is 5.78 Å². The van der Waals surface area contributed by atoms with E-state index in [1.54, 1.807) is 4.90 Å². The molecule has 94 valence electrons. The van der Waals surface area contributed by atoms with Crippen molar-refractivity contribution in [2.45, 2.75) is 19.8 Å². The van der Waals surface area contributed by atoms with Gasteiger partial charge in [0.05, 0.1) is 0 Å². The van der Waals surface area contributed by atoms with Crippen LogP contribution in [0.15, 0.2) is 0 Å². The summed E-state index contributed by atoms with van der Waals surface area (Å²) in [6.07, 6.45) is 0.664. The molecular weight excluding hydrogens is 206 g/mol. The van der Waals surface area contributed by atoms with Crippen LogP contribution < -0.4 is 10.6 Å². The fourth-order valence-electron chi connectivity index (χ4n) is 1.30. The molecule has 0 aromatic carbocycles. The van der Waals surface area contributed by atoms with Gasteiger partial charge in [-0.25, -0.2) is 0 Å². The lowest BCUT2D eigenvalue weighted by Gasteiger charge is -2.22. The summed E-state index contributed by atoms with van der Waals surface area (Å²) in [5.74, 6) is 0.122. The summed E-state index contributed by atoms with van der Waals surface area (Å²) in [5.41, 5.74) is 0. The van der Waals surface area contributed by atoms with E-state index in [9.17, 15) is 9.59 Å². The predicted octanol–water partition coefficient (Wildman–Crippen LogP) is -0.377. The van der Waals surface area contributed by atoms with E-state index in [1.807, 2.05) is 14.1 Å². The Morgan fingerprint density at radius 2 is 1.50 bits per heavy atom. The van der Waals surface area contributed by atoms with Crippen LogP contribution in [-0.4, -0.2) is 56.9 Å². The summed E-state index contributed by atoms with van der Waals surface area (Å²) in [7, 11) is 3.71. The van der Waals surface area contributed by atoms with Crippen molar-refractivity contribution in [3.8, 4) is 0 Å². The third-order valence-electron chi connectivity index (χ3n) is 2.31. The molecule has 0 aliphatic rings. The number of nitrogens with zero attached hydrogens (tertiary/aromatic N) is 1. The van der Waals surface area contributed by atoms with Gasteiger partial charge in [-0.2, -0.15) is 0 Å². The van der Waals surface area contributed by atoms with Crippen molar-refractivity contribution >= 4 is 11.7 Å². The van der Waals surface area contributed by atoms with Gasteiger partial charge in [0.15, 0.2) is 0 Å². The van der Waals surface area contributed by atoms with Crippen LogP contribution in [0.1, 0.15) is 19.8 Å². The van der Waals surface area contributed by atoms with E-state index in [4.69, 9.17) is 0 Å². The van der Waals surface area contributed by atoms with Crippen molar-refractivity contribution in [1.82, 2.24) is 15.5 Å². The van der Waals surface area contributed by atoms with Crippen LogP contribution >= 0.6 is 0 Å². The fraction of sp³-hybridized carbons (Fsp3) is 0.818. The van der Waals surface area contributed by atoms with Gasteiger partial charge in [-0.3, -0.25) is 4.79 Å². The van der Waals surface area contributed by atoms with E-state index < -0.39 is 0 Å². The van der Waals surface area contributed by atoms with Gasteiger partial charge in [-0.1, -0.05) is 0 Å². The van der Waals surface area contributed by atoms with Gasteiger partial charge in [0.25, 0.3) is 0 Å². The Labute approximate surface area is 97.6 Å². The largest absolute Gasteiger partial charge is 0.340 e. The van der Waals surface area contributed by atoms with E-state index >= 15 is 0 Å². The van der Waals surface area contributed by atoms with Crippen LogP contribution in [0.2, 0.25) is 0 Å². The molecule has 0 aromatic rings. The zero-order valence-corrected chi connectivity index (χ0v) is 10.5. The van der Waals surface area contributed by atoms with E-state index in [0.29, 0.717) is 25.9 Å². The molecule has 0 atom stereocenters. The Morgan fingerprint density at radius 3 is 1.88 bits per heavy atom. The highest BCUT2D eigenvalue weighted by atomic mass is 16.2. The molecule has 0 rings (SSSR count). The topological polar surface area (TPSA) is 61.4 Å². The van der Waals surface area contributed by atoms with E-state index in [-0.39, 0.29) is 11.7 Å². The van der Waals surface area contributed by atoms with Gasteiger partial charge < -0.3 is 20.3 Å². The molecule has 0 bridgehead atoms. The number of Topliss-reactive ketones (excluding diaryl/α,β-unsaturated/α-hetero) is 1. The molecule has 0 aliphatic heterocycles. The number of carbonyl (C=O) groups excluding carboxylic acids is 2. The SMILES string of the molecule is CNCCN(CCNC)C(=O)CCC(C)=O. The molecule has 0 aliphatic carbocycles. The fourth-order valence-corrected chi connectivity index (χ4v) is 1.30. The maximum atomic E-state index is 11.8.